The van der Waals surface area contributed by atoms with E-state index in [1.165, 1.54) is 0 Å². The summed E-state index contributed by atoms with van der Waals surface area (Å²) in [7, 11) is 1.61. The van der Waals surface area contributed by atoms with Crippen molar-refractivity contribution in [2.24, 2.45) is 0 Å². The number of benzene rings is 2. The lowest BCUT2D eigenvalue weighted by molar-refractivity contribution is 0.415. The van der Waals surface area contributed by atoms with Crippen molar-refractivity contribution in [2.45, 2.75) is 13.8 Å². The third-order valence-electron chi connectivity index (χ3n) is 5.04. The van der Waals surface area contributed by atoms with Crippen LogP contribution in [0.4, 0.5) is 0 Å². The first kappa shape index (κ1) is 16.5. The topological polar surface area (TPSA) is 70.2 Å². The summed E-state index contributed by atoms with van der Waals surface area (Å²) in [5.41, 5.74) is 3.15. The van der Waals surface area contributed by atoms with Gasteiger partial charge < -0.3 is 9.15 Å². The first-order chi connectivity index (χ1) is 13.6. The third-order valence-corrected chi connectivity index (χ3v) is 5.04. The van der Waals surface area contributed by atoms with Crippen LogP contribution in [0.25, 0.3) is 38.5 Å². The zero-order valence-electron chi connectivity index (χ0n) is 15.7. The number of hydrogen-bond acceptors (Lipinski definition) is 5. The first-order valence-electron chi connectivity index (χ1n) is 8.94. The second kappa shape index (κ2) is 5.92. The van der Waals surface area contributed by atoms with Crippen LogP contribution in [-0.2, 0) is 0 Å². The fraction of sp³-hybridized carbons (Fsp3) is 0.136. The van der Waals surface area contributed by atoms with Gasteiger partial charge in [0.15, 0.2) is 5.65 Å². The predicted molar refractivity (Wildman–Crippen MR) is 108 cm³/mol. The average molecular weight is 371 g/mol. The van der Waals surface area contributed by atoms with Crippen molar-refractivity contribution in [3.8, 4) is 11.4 Å². The van der Waals surface area contributed by atoms with Crippen LogP contribution >= 0.6 is 0 Å². The highest BCUT2D eigenvalue weighted by Gasteiger charge is 2.20. The predicted octanol–water partition coefficient (Wildman–Crippen LogP) is 4.31. The van der Waals surface area contributed by atoms with Crippen molar-refractivity contribution in [3.05, 3.63) is 70.3 Å². The van der Waals surface area contributed by atoms with Crippen molar-refractivity contribution in [1.29, 1.82) is 0 Å². The second-order valence-electron chi connectivity index (χ2n) is 6.73. The Bertz CT molecular complexity index is 1430. The van der Waals surface area contributed by atoms with Gasteiger partial charge in [0.2, 0.25) is 0 Å². The molecule has 0 atom stereocenters. The Kier molecular flexibility index (Phi) is 3.49. The Hall–Kier alpha value is -3.67. The standard InChI is InChI=1S/C22H17N3O3/c1-12-19-20(16-11-15(27-3)9-10-17(16)28-22(19)26)18-13(2)24-25(21(18)23-12)14-7-5-4-6-8-14/h4-11H,1-3H3. The summed E-state index contributed by atoms with van der Waals surface area (Å²) >= 11 is 0. The summed E-state index contributed by atoms with van der Waals surface area (Å²) in [5, 5.41) is 7.64. The molecule has 0 radical (unpaired) electrons. The minimum Gasteiger partial charge on any atom is -0.497 e. The van der Waals surface area contributed by atoms with Crippen LogP contribution in [0, 0.1) is 13.8 Å². The summed E-state index contributed by atoms with van der Waals surface area (Å²) < 4.78 is 12.8. The molecule has 0 saturated heterocycles. The van der Waals surface area contributed by atoms with Crippen molar-refractivity contribution < 1.29 is 9.15 Å². The first-order valence-corrected chi connectivity index (χ1v) is 8.94. The zero-order valence-corrected chi connectivity index (χ0v) is 15.7. The number of fused-ring (bicyclic) bond motifs is 5. The van der Waals surface area contributed by atoms with Crippen LogP contribution in [0.5, 0.6) is 5.75 Å². The molecule has 3 heterocycles. The highest BCUT2D eigenvalue weighted by molar-refractivity contribution is 6.18. The average Bonchev–Trinajstić information content (AvgIpc) is 3.04. The van der Waals surface area contributed by atoms with Gasteiger partial charge in [-0.2, -0.15) is 5.10 Å². The lowest BCUT2D eigenvalue weighted by atomic mass is 10.0. The van der Waals surface area contributed by atoms with Gasteiger partial charge in [0, 0.05) is 10.8 Å². The molecule has 0 bridgehead atoms. The van der Waals surface area contributed by atoms with E-state index in [0.717, 1.165) is 27.5 Å². The number of para-hydroxylation sites is 1. The van der Waals surface area contributed by atoms with Crippen LogP contribution in [0.1, 0.15) is 11.4 Å². The third kappa shape index (κ3) is 2.24. The minimum absolute atomic E-state index is 0.397. The molecule has 6 nitrogen and oxygen atoms in total. The van der Waals surface area contributed by atoms with Crippen LogP contribution in [0.15, 0.2) is 57.7 Å². The van der Waals surface area contributed by atoms with Gasteiger partial charge in [0.1, 0.15) is 11.3 Å². The Morgan fingerprint density at radius 3 is 2.50 bits per heavy atom. The molecule has 0 unspecified atom stereocenters. The van der Waals surface area contributed by atoms with Crippen LogP contribution in [0.2, 0.25) is 0 Å². The molecule has 0 amide bonds. The van der Waals surface area contributed by atoms with E-state index in [-0.39, 0.29) is 0 Å². The normalized spacial score (nSPS) is 11.5. The van der Waals surface area contributed by atoms with Crippen LogP contribution in [-0.4, -0.2) is 21.9 Å². The van der Waals surface area contributed by atoms with E-state index < -0.39 is 5.63 Å². The maximum atomic E-state index is 12.7. The van der Waals surface area contributed by atoms with Gasteiger partial charge in [-0.25, -0.2) is 14.5 Å². The lowest BCUT2D eigenvalue weighted by Crippen LogP contribution is -2.05. The van der Waals surface area contributed by atoms with Crippen molar-refractivity contribution in [1.82, 2.24) is 14.8 Å². The Morgan fingerprint density at radius 2 is 1.75 bits per heavy atom. The molecule has 0 fully saturated rings. The van der Waals surface area contributed by atoms with Gasteiger partial charge in [-0.15, -0.1) is 0 Å². The summed E-state index contributed by atoms with van der Waals surface area (Å²) in [4.78, 5) is 17.5. The molecular formula is C22H17N3O3. The van der Waals surface area contributed by atoms with E-state index in [9.17, 15) is 4.79 Å². The van der Waals surface area contributed by atoms with E-state index >= 15 is 0 Å². The number of nitrogens with zero attached hydrogens (tertiary/aromatic N) is 3. The quantitative estimate of drug-likeness (QED) is 0.342. The molecule has 3 aromatic heterocycles. The number of hydrogen-bond donors (Lipinski definition) is 0. The summed E-state index contributed by atoms with van der Waals surface area (Å²) in [6, 6.07) is 15.3. The minimum atomic E-state index is -0.397. The SMILES string of the molecule is COc1ccc2oc(=O)c3c(C)nc4c(c(C)nn4-c4ccccc4)c3c2c1. The molecule has 0 N–H and O–H groups in total. The van der Waals surface area contributed by atoms with Gasteiger partial charge in [0.25, 0.3) is 0 Å². The maximum Gasteiger partial charge on any atom is 0.346 e. The molecule has 138 valence electrons. The number of aryl methyl sites for hydroxylation is 2. The fourth-order valence-electron chi connectivity index (χ4n) is 3.77. The van der Waals surface area contributed by atoms with E-state index in [1.807, 2.05) is 54.9 Å². The van der Waals surface area contributed by atoms with E-state index in [0.29, 0.717) is 28.1 Å². The molecule has 2 aromatic carbocycles. The number of ether oxygens (including phenoxy) is 1. The van der Waals surface area contributed by atoms with Crippen molar-refractivity contribution >= 4 is 32.8 Å². The van der Waals surface area contributed by atoms with Gasteiger partial charge in [-0.3, -0.25) is 0 Å². The molecule has 5 rings (SSSR count). The highest BCUT2D eigenvalue weighted by Crippen LogP contribution is 2.35. The Labute approximate surface area is 160 Å². The second-order valence-corrected chi connectivity index (χ2v) is 6.73. The molecule has 0 saturated carbocycles. The van der Waals surface area contributed by atoms with Gasteiger partial charge in [-0.1, -0.05) is 18.2 Å². The molecule has 0 aliphatic heterocycles. The van der Waals surface area contributed by atoms with Crippen molar-refractivity contribution in [2.75, 3.05) is 7.11 Å². The molecular weight excluding hydrogens is 354 g/mol. The smallest absolute Gasteiger partial charge is 0.346 e. The van der Waals surface area contributed by atoms with Gasteiger partial charge >= 0.3 is 5.63 Å². The molecule has 28 heavy (non-hydrogen) atoms. The molecule has 5 aromatic rings. The Balaban J connectivity index is 2.05. The zero-order chi connectivity index (χ0) is 19.4. The van der Waals surface area contributed by atoms with Crippen LogP contribution in [0.3, 0.4) is 0 Å². The van der Waals surface area contributed by atoms with Gasteiger partial charge in [0.05, 0.1) is 35.0 Å². The molecule has 0 spiro atoms. The van der Waals surface area contributed by atoms with E-state index in [1.54, 1.807) is 19.2 Å². The fourth-order valence-corrected chi connectivity index (χ4v) is 3.77. The maximum absolute atomic E-state index is 12.7. The summed E-state index contributed by atoms with van der Waals surface area (Å²) in [5.74, 6) is 0.693. The molecule has 0 aliphatic carbocycles. The lowest BCUT2D eigenvalue weighted by Gasteiger charge is -2.09. The summed E-state index contributed by atoms with van der Waals surface area (Å²) in [6.45, 7) is 3.75. The number of methoxy groups -OCH3 is 1. The monoisotopic (exact) mass is 371 g/mol. The van der Waals surface area contributed by atoms with Gasteiger partial charge in [-0.05, 0) is 44.2 Å². The molecule has 0 aliphatic rings. The Morgan fingerprint density at radius 1 is 0.964 bits per heavy atom. The number of pyridine rings is 1. The van der Waals surface area contributed by atoms with Crippen LogP contribution < -0.4 is 10.4 Å². The molecule has 6 heteroatoms. The highest BCUT2D eigenvalue weighted by atomic mass is 16.5. The summed E-state index contributed by atoms with van der Waals surface area (Å²) in [6.07, 6.45) is 0. The van der Waals surface area contributed by atoms with E-state index in [2.05, 4.69) is 0 Å². The van der Waals surface area contributed by atoms with Crippen molar-refractivity contribution in [3.63, 3.8) is 0 Å². The number of aromatic nitrogens is 3. The van der Waals surface area contributed by atoms with E-state index in [4.69, 9.17) is 19.2 Å². The largest absolute Gasteiger partial charge is 0.497 e. The number of rotatable bonds is 2.